The zero-order valence-electron chi connectivity index (χ0n) is 16.1. The third-order valence-electron chi connectivity index (χ3n) is 6.00. The number of hydrogen-bond acceptors (Lipinski definition) is 3. The van der Waals surface area contributed by atoms with Gasteiger partial charge in [0.2, 0.25) is 5.91 Å². The molecule has 148 valence electrons. The van der Waals surface area contributed by atoms with Crippen LogP contribution in [0.5, 0.6) is 0 Å². The Kier molecular flexibility index (Phi) is 5.47. The van der Waals surface area contributed by atoms with Crippen molar-refractivity contribution in [1.82, 2.24) is 10.2 Å². The van der Waals surface area contributed by atoms with Gasteiger partial charge in [0.25, 0.3) is 0 Å². The average Bonchev–Trinajstić information content (AvgIpc) is 3.49. The monoisotopic (exact) mass is 382 g/mol. The summed E-state index contributed by atoms with van der Waals surface area (Å²) in [6, 6.07) is 14.8. The topological polar surface area (TPSA) is 52.6 Å². The summed E-state index contributed by atoms with van der Waals surface area (Å²) < 4.78 is 13.5. The number of benzene rings is 2. The van der Waals surface area contributed by atoms with Crippen LogP contribution >= 0.6 is 0 Å². The van der Waals surface area contributed by atoms with E-state index in [-0.39, 0.29) is 36.3 Å². The van der Waals surface area contributed by atoms with Crippen LogP contribution in [0.15, 0.2) is 48.5 Å². The Bertz CT molecular complexity index is 835. The largest absolute Gasteiger partial charge is 0.395 e. The third kappa shape index (κ3) is 4.10. The number of nitrogens with one attached hydrogen (secondary N) is 1. The van der Waals surface area contributed by atoms with Gasteiger partial charge < -0.3 is 15.3 Å². The Balaban J connectivity index is 1.45. The summed E-state index contributed by atoms with van der Waals surface area (Å²) in [5.74, 6) is 0.699. The third-order valence-corrected chi connectivity index (χ3v) is 6.00. The minimum absolute atomic E-state index is 0.00282. The van der Waals surface area contributed by atoms with Crippen LogP contribution < -0.4 is 5.32 Å². The first-order valence-corrected chi connectivity index (χ1v) is 10.0. The summed E-state index contributed by atoms with van der Waals surface area (Å²) in [4.78, 5) is 14.1. The highest BCUT2D eigenvalue weighted by Crippen LogP contribution is 2.35. The maximum atomic E-state index is 13.5. The van der Waals surface area contributed by atoms with Gasteiger partial charge in [-0.25, -0.2) is 4.39 Å². The molecule has 2 aliphatic rings. The van der Waals surface area contributed by atoms with E-state index in [4.69, 9.17) is 0 Å². The summed E-state index contributed by atoms with van der Waals surface area (Å²) in [5, 5.41) is 13.1. The fraction of sp³-hybridized carbons (Fsp3) is 0.435. The second kappa shape index (κ2) is 8.02. The quantitative estimate of drug-likeness (QED) is 0.773. The summed E-state index contributed by atoms with van der Waals surface area (Å²) in [7, 11) is 1.86. The molecule has 3 atom stereocenters. The Hall–Kier alpha value is -2.24. The van der Waals surface area contributed by atoms with Crippen LogP contribution in [0.25, 0.3) is 11.1 Å². The number of carbonyl (C=O) groups is 1. The number of hydrogen-bond donors (Lipinski definition) is 2. The van der Waals surface area contributed by atoms with Crippen LogP contribution in [0.4, 0.5) is 4.39 Å². The zero-order chi connectivity index (χ0) is 19.7. The minimum Gasteiger partial charge on any atom is -0.395 e. The highest BCUT2D eigenvalue weighted by Gasteiger charge is 2.42. The molecule has 0 spiro atoms. The van der Waals surface area contributed by atoms with Crippen molar-refractivity contribution in [1.29, 1.82) is 0 Å². The van der Waals surface area contributed by atoms with E-state index < -0.39 is 0 Å². The fourth-order valence-electron chi connectivity index (χ4n) is 4.13. The smallest absolute Gasteiger partial charge is 0.222 e. The predicted molar refractivity (Wildman–Crippen MR) is 107 cm³/mol. The van der Waals surface area contributed by atoms with Crippen molar-refractivity contribution in [3.05, 3.63) is 59.9 Å². The molecule has 0 bridgehead atoms. The van der Waals surface area contributed by atoms with Gasteiger partial charge in [-0.1, -0.05) is 36.4 Å². The molecule has 4 rings (SSSR count). The molecule has 1 amide bonds. The van der Waals surface area contributed by atoms with Crippen molar-refractivity contribution in [2.45, 2.75) is 37.3 Å². The van der Waals surface area contributed by atoms with Crippen LogP contribution in [-0.4, -0.2) is 48.2 Å². The molecule has 4 nitrogen and oxygen atoms in total. The van der Waals surface area contributed by atoms with Crippen LogP contribution in [0, 0.1) is 11.7 Å². The molecule has 0 aromatic heterocycles. The molecule has 1 aliphatic heterocycles. The molecule has 2 aromatic rings. The molecule has 2 N–H and O–H groups in total. The molecule has 1 aliphatic carbocycles. The van der Waals surface area contributed by atoms with Crippen LogP contribution in [-0.2, 0) is 4.79 Å². The molecule has 0 radical (unpaired) electrons. The molecule has 28 heavy (non-hydrogen) atoms. The molecule has 2 fully saturated rings. The van der Waals surface area contributed by atoms with E-state index in [0.29, 0.717) is 18.9 Å². The number of likely N-dealkylation sites (N-methyl/N-ethyl adjacent to an activating group) is 1. The number of aliphatic hydroxyl groups is 1. The van der Waals surface area contributed by atoms with Crippen molar-refractivity contribution in [2.24, 2.45) is 5.92 Å². The van der Waals surface area contributed by atoms with E-state index >= 15 is 0 Å². The first-order valence-electron chi connectivity index (χ1n) is 10.0. The number of nitrogens with zero attached hydrogens (tertiary/aromatic N) is 1. The molecule has 2 aromatic carbocycles. The summed E-state index contributed by atoms with van der Waals surface area (Å²) in [5.41, 5.74) is 2.94. The Labute approximate surface area is 165 Å². The lowest BCUT2D eigenvalue weighted by Crippen LogP contribution is -2.64. The van der Waals surface area contributed by atoms with Crippen molar-refractivity contribution < 1.29 is 14.3 Å². The van der Waals surface area contributed by atoms with E-state index in [1.54, 1.807) is 6.07 Å². The fourth-order valence-corrected chi connectivity index (χ4v) is 4.13. The van der Waals surface area contributed by atoms with Crippen LogP contribution in [0.3, 0.4) is 0 Å². The lowest BCUT2D eigenvalue weighted by Gasteiger charge is -2.47. The van der Waals surface area contributed by atoms with Gasteiger partial charge in [0, 0.05) is 38.0 Å². The standard InChI is InChI=1S/C23H27FN2O2/c1-26(22(28)11-15-5-6-15)13-20-23(21(14-27)25-20)17-9-7-16(8-10-17)18-3-2-4-19(24)12-18/h2-4,7-10,12,15,20-21,23,25,27H,5-6,11,13-14H2,1H3/t20-,21+,23+/m1/s1. The first kappa shape index (κ1) is 19.1. The SMILES string of the molecule is CN(C[C@H]1N[C@@H](CO)[C@H]1c1ccc(-c2cccc(F)c2)cc1)C(=O)CC1CC1. The first-order chi connectivity index (χ1) is 13.5. The Morgan fingerprint density at radius 2 is 1.89 bits per heavy atom. The average molecular weight is 382 g/mol. The predicted octanol–water partition coefficient (Wildman–Crippen LogP) is 3.17. The molecule has 1 saturated heterocycles. The molecule has 0 unspecified atom stereocenters. The van der Waals surface area contributed by atoms with Gasteiger partial charge in [0.05, 0.1) is 6.61 Å². The minimum atomic E-state index is -0.246. The van der Waals surface area contributed by atoms with E-state index in [1.807, 2.05) is 42.3 Å². The van der Waals surface area contributed by atoms with Crippen LogP contribution in [0.1, 0.15) is 30.7 Å². The van der Waals surface area contributed by atoms with Crippen molar-refractivity contribution in [2.75, 3.05) is 20.2 Å². The van der Waals surface area contributed by atoms with E-state index in [0.717, 1.165) is 16.7 Å². The van der Waals surface area contributed by atoms with Gasteiger partial charge in [-0.15, -0.1) is 0 Å². The second-order valence-electron chi connectivity index (χ2n) is 8.14. The number of halogens is 1. The van der Waals surface area contributed by atoms with Gasteiger partial charge >= 0.3 is 0 Å². The van der Waals surface area contributed by atoms with Crippen molar-refractivity contribution in [3.8, 4) is 11.1 Å². The molecular formula is C23H27FN2O2. The second-order valence-corrected chi connectivity index (χ2v) is 8.14. The van der Waals surface area contributed by atoms with Gasteiger partial charge in [0.15, 0.2) is 0 Å². The number of rotatable bonds is 7. The maximum Gasteiger partial charge on any atom is 0.222 e. The van der Waals surface area contributed by atoms with Gasteiger partial charge in [0.1, 0.15) is 5.82 Å². The summed E-state index contributed by atoms with van der Waals surface area (Å²) in [6.07, 6.45) is 3.00. The van der Waals surface area contributed by atoms with E-state index in [9.17, 15) is 14.3 Å². The van der Waals surface area contributed by atoms with Crippen LogP contribution in [0.2, 0.25) is 0 Å². The van der Waals surface area contributed by atoms with Gasteiger partial charge in [-0.3, -0.25) is 4.79 Å². The normalized spacial score (nSPS) is 23.9. The van der Waals surface area contributed by atoms with E-state index in [1.165, 1.54) is 25.0 Å². The highest BCUT2D eigenvalue weighted by atomic mass is 19.1. The summed E-state index contributed by atoms with van der Waals surface area (Å²) in [6.45, 7) is 0.699. The molecular weight excluding hydrogens is 355 g/mol. The summed E-state index contributed by atoms with van der Waals surface area (Å²) >= 11 is 0. The molecule has 5 heteroatoms. The lowest BCUT2D eigenvalue weighted by molar-refractivity contribution is -0.131. The molecule has 1 saturated carbocycles. The maximum absolute atomic E-state index is 13.5. The Morgan fingerprint density at radius 1 is 1.14 bits per heavy atom. The van der Waals surface area contributed by atoms with Gasteiger partial charge in [-0.05, 0) is 47.6 Å². The number of amides is 1. The lowest BCUT2D eigenvalue weighted by atomic mass is 9.77. The Morgan fingerprint density at radius 3 is 2.54 bits per heavy atom. The van der Waals surface area contributed by atoms with E-state index in [2.05, 4.69) is 5.32 Å². The van der Waals surface area contributed by atoms with Crippen molar-refractivity contribution >= 4 is 5.91 Å². The number of carbonyl (C=O) groups excluding carboxylic acids is 1. The van der Waals surface area contributed by atoms with Gasteiger partial charge in [-0.2, -0.15) is 0 Å². The highest BCUT2D eigenvalue weighted by molar-refractivity contribution is 5.76. The van der Waals surface area contributed by atoms with Crippen molar-refractivity contribution in [3.63, 3.8) is 0 Å². The molecule has 1 heterocycles. The zero-order valence-corrected chi connectivity index (χ0v) is 16.1. The number of aliphatic hydroxyl groups excluding tert-OH is 1.